The van der Waals surface area contributed by atoms with Gasteiger partial charge in [0.05, 0.1) is 6.04 Å². The van der Waals surface area contributed by atoms with Crippen molar-refractivity contribution < 1.29 is 24.3 Å². The molecule has 12 heteroatoms. The molecule has 0 radical (unpaired) electrons. The highest BCUT2D eigenvalue weighted by Crippen LogP contribution is 2.20. The van der Waals surface area contributed by atoms with E-state index in [-0.39, 0.29) is 30.8 Å². The standard InChI is InChI=1S/C26H41N7O5/c1-16(2)14-20(22(34)31-19(25(37)38)10-6-12-30-26(28)29)32-23(35)21-11-7-13-33(21)24(36)18(27)15-17-8-4-3-5-9-17/h3-5,8-9,16,18-21H,6-7,10-15,27H2,1-2H3,(H,31,34)(H,32,35)(H,37,38)(H4,28,29,30). The van der Waals surface area contributed by atoms with E-state index in [2.05, 4.69) is 15.6 Å². The third-order valence-electron chi connectivity index (χ3n) is 6.35. The summed E-state index contributed by atoms with van der Waals surface area (Å²) in [5.74, 6) is -2.63. The van der Waals surface area contributed by atoms with Gasteiger partial charge in [-0.3, -0.25) is 19.4 Å². The first-order chi connectivity index (χ1) is 18.0. The summed E-state index contributed by atoms with van der Waals surface area (Å²) in [6.45, 7) is 4.41. The van der Waals surface area contributed by atoms with Gasteiger partial charge >= 0.3 is 5.97 Å². The Balaban J connectivity index is 2.04. The van der Waals surface area contributed by atoms with Gasteiger partial charge < -0.3 is 37.8 Å². The molecule has 1 heterocycles. The van der Waals surface area contributed by atoms with E-state index >= 15 is 0 Å². The van der Waals surface area contributed by atoms with Gasteiger partial charge in [-0.25, -0.2) is 4.79 Å². The van der Waals surface area contributed by atoms with Crippen LogP contribution in [0.3, 0.4) is 0 Å². The Bertz CT molecular complexity index is 981. The average molecular weight is 532 g/mol. The molecule has 1 aromatic rings. The number of amides is 3. The zero-order chi connectivity index (χ0) is 28.2. The SMILES string of the molecule is CC(C)CC(NC(=O)C1CCCN1C(=O)C(N)Cc1ccccc1)C(=O)NC(CCCN=C(N)N)C(=O)O. The number of guanidine groups is 1. The lowest BCUT2D eigenvalue weighted by Gasteiger charge is -2.29. The van der Waals surface area contributed by atoms with Crippen LogP contribution >= 0.6 is 0 Å². The largest absolute Gasteiger partial charge is 0.480 e. The van der Waals surface area contributed by atoms with Crippen LogP contribution in [0.15, 0.2) is 35.3 Å². The van der Waals surface area contributed by atoms with Gasteiger partial charge in [0.15, 0.2) is 5.96 Å². The molecule has 2 rings (SSSR count). The van der Waals surface area contributed by atoms with Crippen LogP contribution in [0, 0.1) is 5.92 Å². The molecule has 12 nitrogen and oxygen atoms in total. The summed E-state index contributed by atoms with van der Waals surface area (Å²) in [7, 11) is 0. The lowest BCUT2D eigenvalue weighted by Crippen LogP contribution is -2.57. The number of aliphatic imine (C=N–C) groups is 1. The van der Waals surface area contributed by atoms with Crippen LogP contribution in [-0.4, -0.2) is 76.9 Å². The number of nitrogens with one attached hydrogen (secondary N) is 2. The minimum absolute atomic E-state index is 0.0387. The number of carboxylic acid groups (broad SMARTS) is 1. The van der Waals surface area contributed by atoms with Gasteiger partial charge in [-0.15, -0.1) is 0 Å². The molecule has 1 aliphatic heterocycles. The van der Waals surface area contributed by atoms with Gasteiger partial charge in [-0.2, -0.15) is 0 Å². The number of hydrogen-bond donors (Lipinski definition) is 6. The summed E-state index contributed by atoms with van der Waals surface area (Å²) in [5, 5.41) is 14.8. The Morgan fingerprint density at radius 2 is 1.79 bits per heavy atom. The van der Waals surface area contributed by atoms with Gasteiger partial charge in [0.25, 0.3) is 0 Å². The van der Waals surface area contributed by atoms with Crippen LogP contribution in [0.5, 0.6) is 0 Å². The molecule has 38 heavy (non-hydrogen) atoms. The van der Waals surface area contributed by atoms with E-state index in [1.165, 1.54) is 4.90 Å². The Kier molecular flexibility index (Phi) is 12.0. The lowest BCUT2D eigenvalue weighted by atomic mass is 10.0. The predicted octanol–water partition coefficient (Wildman–Crippen LogP) is -0.299. The van der Waals surface area contributed by atoms with Gasteiger partial charge in [0, 0.05) is 13.1 Å². The highest BCUT2D eigenvalue weighted by atomic mass is 16.4. The molecular formula is C26H41N7O5. The number of carbonyl (C=O) groups is 4. The summed E-state index contributed by atoms with van der Waals surface area (Å²) < 4.78 is 0. The van der Waals surface area contributed by atoms with Crippen LogP contribution < -0.4 is 27.8 Å². The molecule has 4 unspecified atom stereocenters. The maximum absolute atomic E-state index is 13.3. The molecule has 1 saturated heterocycles. The van der Waals surface area contributed by atoms with Crippen molar-refractivity contribution in [3.05, 3.63) is 35.9 Å². The van der Waals surface area contributed by atoms with Crippen molar-refractivity contribution in [2.24, 2.45) is 28.1 Å². The smallest absolute Gasteiger partial charge is 0.326 e. The number of carbonyl (C=O) groups excluding carboxylic acids is 3. The molecule has 4 atom stereocenters. The van der Waals surface area contributed by atoms with Gasteiger partial charge in [0.1, 0.15) is 18.1 Å². The number of nitrogens with two attached hydrogens (primary N) is 3. The van der Waals surface area contributed by atoms with E-state index in [4.69, 9.17) is 17.2 Å². The third kappa shape index (κ3) is 9.66. The molecular weight excluding hydrogens is 490 g/mol. The summed E-state index contributed by atoms with van der Waals surface area (Å²) in [5.41, 5.74) is 17.7. The monoisotopic (exact) mass is 531 g/mol. The first kappa shape index (κ1) is 30.6. The van der Waals surface area contributed by atoms with Crippen LogP contribution in [-0.2, 0) is 25.6 Å². The summed E-state index contributed by atoms with van der Waals surface area (Å²) in [6.07, 6.45) is 2.20. The molecule has 1 aliphatic rings. The Labute approximate surface area is 223 Å². The van der Waals surface area contributed by atoms with Crippen molar-refractivity contribution in [2.75, 3.05) is 13.1 Å². The highest BCUT2D eigenvalue weighted by molar-refractivity contribution is 5.94. The molecule has 0 aromatic heterocycles. The number of nitrogens with zero attached hydrogens (tertiary/aromatic N) is 2. The second-order valence-corrected chi connectivity index (χ2v) is 10.0. The van der Waals surface area contributed by atoms with Crippen molar-refractivity contribution in [1.29, 1.82) is 0 Å². The van der Waals surface area contributed by atoms with E-state index in [1.807, 2.05) is 44.2 Å². The number of likely N-dealkylation sites (tertiary alicyclic amines) is 1. The van der Waals surface area contributed by atoms with E-state index in [1.54, 1.807) is 0 Å². The van der Waals surface area contributed by atoms with Crippen LogP contribution in [0.4, 0.5) is 0 Å². The van der Waals surface area contributed by atoms with Crippen molar-refractivity contribution in [3.8, 4) is 0 Å². The van der Waals surface area contributed by atoms with E-state index in [0.717, 1.165) is 5.56 Å². The van der Waals surface area contributed by atoms with E-state index in [9.17, 15) is 24.3 Å². The number of carboxylic acids is 1. The molecule has 0 bridgehead atoms. The molecule has 1 aromatic carbocycles. The number of rotatable bonds is 14. The first-order valence-electron chi connectivity index (χ1n) is 13.0. The zero-order valence-corrected chi connectivity index (χ0v) is 22.1. The Morgan fingerprint density at radius 1 is 1.11 bits per heavy atom. The zero-order valence-electron chi connectivity index (χ0n) is 22.1. The maximum Gasteiger partial charge on any atom is 0.326 e. The minimum Gasteiger partial charge on any atom is -0.480 e. The molecule has 1 fully saturated rings. The van der Waals surface area contributed by atoms with Gasteiger partial charge in [0.2, 0.25) is 17.7 Å². The quantitative estimate of drug-likeness (QED) is 0.106. The summed E-state index contributed by atoms with van der Waals surface area (Å²) >= 11 is 0. The molecule has 210 valence electrons. The molecule has 3 amide bonds. The molecule has 0 saturated carbocycles. The molecule has 0 aliphatic carbocycles. The normalized spacial score (nSPS) is 17.4. The number of hydrogen-bond acceptors (Lipinski definition) is 6. The number of benzene rings is 1. The minimum atomic E-state index is -1.20. The van der Waals surface area contributed by atoms with Crippen molar-refractivity contribution >= 4 is 29.7 Å². The summed E-state index contributed by atoms with van der Waals surface area (Å²) in [4.78, 5) is 56.4. The van der Waals surface area contributed by atoms with E-state index in [0.29, 0.717) is 38.6 Å². The Hall–Kier alpha value is -3.67. The summed E-state index contributed by atoms with van der Waals surface area (Å²) in [6, 6.07) is 5.74. The fourth-order valence-electron chi connectivity index (χ4n) is 4.48. The topological polar surface area (TPSA) is 206 Å². The second-order valence-electron chi connectivity index (χ2n) is 10.0. The maximum atomic E-state index is 13.3. The first-order valence-corrected chi connectivity index (χ1v) is 13.0. The Morgan fingerprint density at radius 3 is 2.39 bits per heavy atom. The van der Waals surface area contributed by atoms with Crippen LogP contribution in [0.2, 0.25) is 0 Å². The highest BCUT2D eigenvalue weighted by Gasteiger charge is 2.38. The third-order valence-corrected chi connectivity index (χ3v) is 6.35. The molecule has 9 N–H and O–H groups in total. The van der Waals surface area contributed by atoms with Gasteiger partial charge in [-0.1, -0.05) is 44.2 Å². The lowest BCUT2D eigenvalue weighted by molar-refractivity contribution is -0.143. The van der Waals surface area contributed by atoms with E-state index < -0.39 is 42.0 Å². The number of aliphatic carboxylic acids is 1. The predicted molar refractivity (Wildman–Crippen MR) is 144 cm³/mol. The van der Waals surface area contributed by atoms with Crippen molar-refractivity contribution in [3.63, 3.8) is 0 Å². The fraction of sp³-hybridized carbons (Fsp3) is 0.577. The second kappa shape index (κ2) is 14.9. The molecule has 0 spiro atoms. The van der Waals surface area contributed by atoms with Crippen molar-refractivity contribution in [2.45, 2.75) is 76.5 Å². The average Bonchev–Trinajstić information content (AvgIpc) is 3.35. The van der Waals surface area contributed by atoms with Crippen molar-refractivity contribution in [1.82, 2.24) is 15.5 Å². The van der Waals surface area contributed by atoms with Crippen LogP contribution in [0.1, 0.15) is 51.5 Å². The fourth-order valence-corrected chi connectivity index (χ4v) is 4.48. The van der Waals surface area contributed by atoms with Gasteiger partial charge in [-0.05, 0) is 50.0 Å². The van der Waals surface area contributed by atoms with Crippen LogP contribution in [0.25, 0.3) is 0 Å².